The van der Waals surface area contributed by atoms with E-state index in [0.29, 0.717) is 35.0 Å². The molecular formula is C23H22N6O2S. The fourth-order valence-corrected chi connectivity index (χ4v) is 4.50. The van der Waals surface area contributed by atoms with Crippen LogP contribution in [0.4, 0.5) is 0 Å². The number of amides is 1. The van der Waals surface area contributed by atoms with Crippen LogP contribution >= 0.6 is 11.8 Å². The number of aryl methyl sites for hydroxylation is 1. The number of fused-ring (bicyclic) bond motifs is 1. The smallest absolute Gasteiger partial charge is 0.296 e. The lowest BCUT2D eigenvalue weighted by atomic mass is 10.00. The maximum Gasteiger partial charge on any atom is 0.296 e. The summed E-state index contributed by atoms with van der Waals surface area (Å²) in [6, 6.07) is 16.2. The van der Waals surface area contributed by atoms with Crippen LogP contribution in [0.5, 0.6) is 0 Å². The van der Waals surface area contributed by atoms with Crippen molar-refractivity contribution in [2.45, 2.75) is 25.0 Å². The van der Waals surface area contributed by atoms with Gasteiger partial charge in [0.25, 0.3) is 5.89 Å². The summed E-state index contributed by atoms with van der Waals surface area (Å²) < 4.78 is 7.19. The number of hydrogen-bond acceptors (Lipinski definition) is 7. The van der Waals surface area contributed by atoms with E-state index in [9.17, 15) is 4.79 Å². The van der Waals surface area contributed by atoms with Crippen LogP contribution in [0.1, 0.15) is 16.7 Å². The summed E-state index contributed by atoms with van der Waals surface area (Å²) in [5.74, 6) is 1.65. The molecule has 0 N–H and O–H groups in total. The lowest BCUT2D eigenvalue weighted by Gasteiger charge is -2.28. The molecule has 0 saturated carbocycles. The highest BCUT2D eigenvalue weighted by molar-refractivity contribution is 7.99. The van der Waals surface area contributed by atoms with Gasteiger partial charge in [0.05, 0.1) is 5.75 Å². The first kappa shape index (κ1) is 20.4. The first-order valence-electron chi connectivity index (χ1n) is 10.4. The molecule has 1 aliphatic heterocycles. The molecule has 0 atom stereocenters. The van der Waals surface area contributed by atoms with Gasteiger partial charge in [-0.3, -0.25) is 4.79 Å². The van der Waals surface area contributed by atoms with E-state index in [4.69, 9.17) is 4.52 Å². The summed E-state index contributed by atoms with van der Waals surface area (Å²) in [5, 5.41) is 13.1. The van der Waals surface area contributed by atoms with E-state index in [2.05, 4.69) is 32.5 Å². The van der Waals surface area contributed by atoms with Crippen molar-refractivity contribution >= 4 is 17.7 Å². The molecule has 1 aliphatic rings. The van der Waals surface area contributed by atoms with Gasteiger partial charge < -0.3 is 14.0 Å². The van der Waals surface area contributed by atoms with Gasteiger partial charge in [-0.15, -0.1) is 10.2 Å². The molecule has 32 heavy (non-hydrogen) atoms. The Hall–Kier alpha value is -3.46. The Kier molecular flexibility index (Phi) is 5.48. The number of carbonyl (C=O) groups is 1. The second-order valence-electron chi connectivity index (χ2n) is 7.78. The highest BCUT2D eigenvalue weighted by Gasteiger charge is 2.22. The molecule has 0 saturated heterocycles. The predicted octanol–water partition coefficient (Wildman–Crippen LogP) is 3.52. The molecule has 3 heterocycles. The van der Waals surface area contributed by atoms with Crippen LogP contribution in [0, 0.1) is 6.92 Å². The zero-order valence-electron chi connectivity index (χ0n) is 17.9. The van der Waals surface area contributed by atoms with Crippen molar-refractivity contribution in [1.29, 1.82) is 0 Å². The molecule has 162 valence electrons. The average molecular weight is 447 g/mol. The molecular weight excluding hydrogens is 424 g/mol. The third-order valence-electron chi connectivity index (χ3n) is 5.57. The Bertz CT molecular complexity index is 1260. The van der Waals surface area contributed by atoms with Crippen molar-refractivity contribution in [2.24, 2.45) is 7.05 Å². The molecule has 0 aliphatic carbocycles. The first-order chi connectivity index (χ1) is 15.6. The Morgan fingerprint density at radius 2 is 1.88 bits per heavy atom. The van der Waals surface area contributed by atoms with Crippen molar-refractivity contribution < 1.29 is 9.32 Å². The van der Waals surface area contributed by atoms with E-state index in [1.165, 1.54) is 22.9 Å². The van der Waals surface area contributed by atoms with Crippen LogP contribution in [0.3, 0.4) is 0 Å². The van der Waals surface area contributed by atoms with E-state index in [-0.39, 0.29) is 5.91 Å². The van der Waals surface area contributed by atoms with Gasteiger partial charge in [0.2, 0.25) is 17.6 Å². The van der Waals surface area contributed by atoms with Gasteiger partial charge in [0.1, 0.15) is 0 Å². The Morgan fingerprint density at radius 3 is 2.69 bits per heavy atom. The summed E-state index contributed by atoms with van der Waals surface area (Å²) in [4.78, 5) is 19.1. The van der Waals surface area contributed by atoms with Crippen LogP contribution in [0.2, 0.25) is 0 Å². The maximum atomic E-state index is 12.8. The summed E-state index contributed by atoms with van der Waals surface area (Å²) >= 11 is 1.36. The Balaban J connectivity index is 1.25. The normalized spacial score (nSPS) is 13.2. The van der Waals surface area contributed by atoms with Gasteiger partial charge >= 0.3 is 0 Å². The lowest BCUT2D eigenvalue weighted by molar-refractivity contribution is -0.129. The minimum absolute atomic E-state index is 0.0912. The number of benzene rings is 2. The number of aromatic nitrogens is 5. The summed E-state index contributed by atoms with van der Waals surface area (Å²) in [6.07, 6.45) is 0.890. The minimum Gasteiger partial charge on any atom is -0.337 e. The third kappa shape index (κ3) is 4.03. The van der Waals surface area contributed by atoms with Gasteiger partial charge in [-0.25, -0.2) is 0 Å². The number of nitrogens with zero attached hydrogens (tertiary/aromatic N) is 6. The molecule has 0 fully saturated rings. The maximum absolute atomic E-state index is 12.8. The van der Waals surface area contributed by atoms with Crippen molar-refractivity contribution in [3.8, 4) is 23.1 Å². The van der Waals surface area contributed by atoms with Crippen molar-refractivity contribution in [2.75, 3.05) is 12.3 Å². The quantitative estimate of drug-likeness (QED) is 0.433. The molecule has 0 spiro atoms. The van der Waals surface area contributed by atoms with Crippen LogP contribution in [0.15, 0.2) is 58.2 Å². The number of carbonyl (C=O) groups excluding carboxylic acids is 1. The predicted molar refractivity (Wildman–Crippen MR) is 121 cm³/mol. The number of hydrogen-bond donors (Lipinski definition) is 0. The van der Waals surface area contributed by atoms with Crippen molar-refractivity contribution in [3.63, 3.8) is 0 Å². The molecule has 2 aromatic carbocycles. The van der Waals surface area contributed by atoms with Crippen LogP contribution in [-0.2, 0) is 24.8 Å². The molecule has 0 unspecified atom stereocenters. The van der Waals surface area contributed by atoms with E-state index in [0.717, 1.165) is 24.1 Å². The number of rotatable bonds is 5. The zero-order valence-corrected chi connectivity index (χ0v) is 18.7. The molecule has 9 heteroatoms. The molecule has 5 rings (SSSR count). The van der Waals surface area contributed by atoms with E-state index >= 15 is 0 Å². The summed E-state index contributed by atoms with van der Waals surface area (Å²) in [6.45, 7) is 3.42. The van der Waals surface area contributed by atoms with Crippen LogP contribution in [0.25, 0.3) is 23.1 Å². The van der Waals surface area contributed by atoms with Crippen molar-refractivity contribution in [3.05, 3.63) is 65.2 Å². The average Bonchev–Trinajstić information content (AvgIpc) is 3.44. The van der Waals surface area contributed by atoms with E-state index < -0.39 is 0 Å². The second kappa shape index (κ2) is 8.58. The van der Waals surface area contributed by atoms with Crippen LogP contribution < -0.4 is 0 Å². The molecule has 0 radical (unpaired) electrons. The van der Waals surface area contributed by atoms with Gasteiger partial charge in [-0.2, -0.15) is 4.98 Å². The van der Waals surface area contributed by atoms with Crippen molar-refractivity contribution in [1.82, 2.24) is 29.8 Å². The van der Waals surface area contributed by atoms with Gasteiger partial charge in [-0.1, -0.05) is 71.0 Å². The van der Waals surface area contributed by atoms with Crippen LogP contribution in [-0.4, -0.2) is 48.0 Å². The topological polar surface area (TPSA) is 89.9 Å². The molecule has 1 amide bonds. The van der Waals surface area contributed by atoms with E-state index in [1.807, 2.05) is 55.3 Å². The Labute approximate surface area is 189 Å². The second-order valence-corrected chi connectivity index (χ2v) is 8.72. The van der Waals surface area contributed by atoms with Gasteiger partial charge in [0, 0.05) is 25.7 Å². The number of thioether (sulfide) groups is 1. The molecule has 0 bridgehead atoms. The summed E-state index contributed by atoms with van der Waals surface area (Å²) in [7, 11) is 1.83. The standard InChI is InChI=1S/C23H22N6O2S/c1-15-7-9-17(10-8-15)20-24-22(31-27-20)21-25-26-23(28(21)2)32-14-19(30)29-12-11-16-5-3-4-6-18(16)13-29/h3-10H,11-14H2,1-2H3. The highest BCUT2D eigenvalue weighted by atomic mass is 32.2. The lowest BCUT2D eigenvalue weighted by Crippen LogP contribution is -2.37. The highest BCUT2D eigenvalue weighted by Crippen LogP contribution is 2.25. The monoisotopic (exact) mass is 446 g/mol. The van der Waals surface area contributed by atoms with Gasteiger partial charge in [-0.05, 0) is 24.5 Å². The largest absolute Gasteiger partial charge is 0.337 e. The molecule has 2 aromatic heterocycles. The SMILES string of the molecule is Cc1ccc(-c2noc(-c3nnc(SCC(=O)N4CCc5ccccc5C4)n3C)n2)cc1. The molecule has 8 nitrogen and oxygen atoms in total. The Morgan fingerprint density at radius 1 is 1.09 bits per heavy atom. The first-order valence-corrected chi connectivity index (χ1v) is 11.3. The third-order valence-corrected chi connectivity index (χ3v) is 6.58. The fourth-order valence-electron chi connectivity index (χ4n) is 3.69. The molecule has 4 aromatic rings. The van der Waals surface area contributed by atoms with Gasteiger partial charge in [0.15, 0.2) is 5.16 Å². The minimum atomic E-state index is 0.0912. The summed E-state index contributed by atoms with van der Waals surface area (Å²) in [5.41, 5.74) is 4.58. The fraction of sp³-hybridized carbons (Fsp3) is 0.261. The van der Waals surface area contributed by atoms with E-state index in [1.54, 1.807) is 4.57 Å². The zero-order chi connectivity index (χ0) is 22.1.